The Kier molecular flexibility index (Phi) is 4.79. The van der Waals surface area contributed by atoms with Gasteiger partial charge < -0.3 is 5.73 Å². The highest BCUT2D eigenvalue weighted by Gasteiger charge is 2.01. The average molecular weight is 211 g/mol. The maximum absolute atomic E-state index is 5.35. The molecule has 0 fully saturated rings. The summed E-state index contributed by atoms with van der Waals surface area (Å²) in [5, 5.41) is 3.24. The van der Waals surface area contributed by atoms with Gasteiger partial charge in [-0.25, -0.2) is 4.98 Å². The number of hydrogen-bond donors (Lipinski definition) is 1. The Morgan fingerprint density at radius 1 is 1.57 bits per heavy atom. The molecule has 4 heteroatoms. The van der Waals surface area contributed by atoms with Crippen LogP contribution in [0, 0.1) is 6.92 Å². The Morgan fingerprint density at radius 2 is 2.36 bits per heavy atom. The minimum absolute atomic E-state index is 0.615. The average Bonchev–Trinajstić information content (AvgIpc) is 2.52. The van der Waals surface area contributed by atoms with Crippen molar-refractivity contribution in [1.82, 2.24) is 9.88 Å². The molecule has 0 saturated heterocycles. The number of likely N-dealkylation sites (N-methyl/N-ethyl adjacent to an activating group) is 1. The molecule has 78 valence electrons. The number of hydrogen-bond acceptors (Lipinski definition) is 4. The summed E-state index contributed by atoms with van der Waals surface area (Å²) in [6.07, 6.45) is 4.06. The van der Waals surface area contributed by atoms with Crippen LogP contribution in [0.5, 0.6) is 0 Å². The summed E-state index contributed by atoms with van der Waals surface area (Å²) in [5.41, 5.74) is 6.50. The van der Waals surface area contributed by atoms with Gasteiger partial charge in [0.2, 0.25) is 0 Å². The molecule has 0 atom stereocenters. The van der Waals surface area contributed by atoms with Gasteiger partial charge in [0.15, 0.2) is 0 Å². The van der Waals surface area contributed by atoms with E-state index in [2.05, 4.69) is 28.4 Å². The van der Waals surface area contributed by atoms with Gasteiger partial charge in [0, 0.05) is 25.0 Å². The van der Waals surface area contributed by atoms with Crippen LogP contribution in [0.1, 0.15) is 10.7 Å². The minimum atomic E-state index is 0.615. The van der Waals surface area contributed by atoms with Crippen molar-refractivity contribution in [2.45, 2.75) is 13.5 Å². The van der Waals surface area contributed by atoms with Gasteiger partial charge in [-0.3, -0.25) is 4.90 Å². The van der Waals surface area contributed by atoms with Crippen LogP contribution in [0.3, 0.4) is 0 Å². The van der Waals surface area contributed by atoms with Gasteiger partial charge in [0.25, 0.3) is 0 Å². The standard InChI is InChI=1S/C10H17N3S/c1-9-12-10(8-14-9)7-13(2)6-4-3-5-11/h3-4,8H,5-7,11H2,1-2H3. The highest BCUT2D eigenvalue weighted by molar-refractivity contribution is 7.09. The van der Waals surface area contributed by atoms with Gasteiger partial charge in [0.05, 0.1) is 10.7 Å². The largest absolute Gasteiger partial charge is 0.327 e. The number of rotatable bonds is 5. The van der Waals surface area contributed by atoms with Gasteiger partial charge in [-0.15, -0.1) is 11.3 Å². The van der Waals surface area contributed by atoms with E-state index in [4.69, 9.17) is 5.73 Å². The third-order valence-electron chi connectivity index (χ3n) is 1.82. The molecule has 3 nitrogen and oxygen atoms in total. The first-order valence-electron chi connectivity index (χ1n) is 4.67. The summed E-state index contributed by atoms with van der Waals surface area (Å²) >= 11 is 1.70. The summed E-state index contributed by atoms with van der Waals surface area (Å²) < 4.78 is 0. The molecule has 0 aromatic carbocycles. The third kappa shape index (κ3) is 4.00. The highest BCUT2D eigenvalue weighted by Crippen LogP contribution is 2.09. The molecule has 0 spiro atoms. The van der Waals surface area contributed by atoms with E-state index in [0.717, 1.165) is 23.8 Å². The van der Waals surface area contributed by atoms with Crippen molar-refractivity contribution in [3.05, 3.63) is 28.2 Å². The third-order valence-corrected chi connectivity index (χ3v) is 2.64. The monoisotopic (exact) mass is 211 g/mol. The molecule has 1 aromatic rings. The van der Waals surface area contributed by atoms with Gasteiger partial charge in [-0.2, -0.15) is 0 Å². The molecule has 14 heavy (non-hydrogen) atoms. The van der Waals surface area contributed by atoms with Crippen LogP contribution in [-0.2, 0) is 6.54 Å². The van der Waals surface area contributed by atoms with E-state index in [0.29, 0.717) is 6.54 Å². The number of nitrogens with zero attached hydrogens (tertiary/aromatic N) is 2. The van der Waals surface area contributed by atoms with E-state index in [-0.39, 0.29) is 0 Å². The van der Waals surface area contributed by atoms with Crippen LogP contribution < -0.4 is 5.73 Å². The number of nitrogens with two attached hydrogens (primary N) is 1. The Bertz CT molecular complexity index is 293. The van der Waals surface area contributed by atoms with Crippen molar-refractivity contribution in [3.63, 3.8) is 0 Å². The maximum atomic E-state index is 5.35. The van der Waals surface area contributed by atoms with Crippen LogP contribution in [-0.4, -0.2) is 30.0 Å². The van der Waals surface area contributed by atoms with Crippen molar-refractivity contribution < 1.29 is 0 Å². The first-order chi connectivity index (χ1) is 6.72. The van der Waals surface area contributed by atoms with E-state index < -0.39 is 0 Å². The SMILES string of the molecule is Cc1nc(CN(C)CC=CCN)cs1. The molecule has 1 heterocycles. The molecular formula is C10H17N3S. The predicted molar refractivity (Wildman–Crippen MR) is 61.4 cm³/mol. The van der Waals surface area contributed by atoms with Gasteiger partial charge >= 0.3 is 0 Å². The number of thiazole rings is 1. The molecule has 2 N–H and O–H groups in total. The molecule has 1 rings (SSSR count). The van der Waals surface area contributed by atoms with E-state index in [1.54, 1.807) is 11.3 Å². The van der Waals surface area contributed by atoms with Crippen LogP contribution in [0.4, 0.5) is 0 Å². The van der Waals surface area contributed by atoms with Gasteiger partial charge in [0.1, 0.15) is 0 Å². The fourth-order valence-electron chi connectivity index (χ4n) is 1.17. The topological polar surface area (TPSA) is 42.2 Å². The summed E-state index contributed by atoms with van der Waals surface area (Å²) in [4.78, 5) is 6.62. The summed E-state index contributed by atoms with van der Waals surface area (Å²) in [6, 6.07) is 0. The van der Waals surface area contributed by atoms with Crippen molar-refractivity contribution >= 4 is 11.3 Å². The lowest BCUT2D eigenvalue weighted by Gasteiger charge is -2.11. The molecular weight excluding hydrogens is 194 g/mol. The Labute approximate surface area is 89.3 Å². The zero-order valence-corrected chi connectivity index (χ0v) is 9.55. The van der Waals surface area contributed by atoms with E-state index in [1.165, 1.54) is 0 Å². The second kappa shape index (κ2) is 5.90. The molecule has 1 aromatic heterocycles. The van der Waals surface area contributed by atoms with Crippen molar-refractivity contribution in [2.24, 2.45) is 5.73 Å². The molecule has 0 saturated carbocycles. The number of aromatic nitrogens is 1. The summed E-state index contributed by atoms with van der Waals surface area (Å²) in [7, 11) is 2.08. The van der Waals surface area contributed by atoms with Crippen molar-refractivity contribution in [3.8, 4) is 0 Å². The van der Waals surface area contributed by atoms with Crippen molar-refractivity contribution in [2.75, 3.05) is 20.1 Å². The van der Waals surface area contributed by atoms with Crippen LogP contribution in [0.15, 0.2) is 17.5 Å². The molecule has 0 aliphatic carbocycles. The fraction of sp³-hybridized carbons (Fsp3) is 0.500. The molecule has 0 aliphatic rings. The molecule has 0 aliphatic heterocycles. The van der Waals surface area contributed by atoms with E-state index >= 15 is 0 Å². The van der Waals surface area contributed by atoms with E-state index in [1.807, 2.05) is 13.0 Å². The van der Waals surface area contributed by atoms with Crippen LogP contribution >= 0.6 is 11.3 Å². The van der Waals surface area contributed by atoms with Gasteiger partial charge in [-0.1, -0.05) is 12.2 Å². The van der Waals surface area contributed by atoms with E-state index in [9.17, 15) is 0 Å². The Balaban J connectivity index is 2.33. The normalized spacial score (nSPS) is 11.7. The number of aryl methyl sites for hydroxylation is 1. The zero-order chi connectivity index (χ0) is 10.4. The molecule has 0 bridgehead atoms. The maximum Gasteiger partial charge on any atom is 0.0897 e. The summed E-state index contributed by atoms with van der Waals surface area (Å²) in [5.74, 6) is 0. The Hall–Kier alpha value is -0.710. The zero-order valence-electron chi connectivity index (χ0n) is 8.73. The smallest absolute Gasteiger partial charge is 0.0897 e. The van der Waals surface area contributed by atoms with Crippen LogP contribution in [0.25, 0.3) is 0 Å². The highest BCUT2D eigenvalue weighted by atomic mass is 32.1. The summed E-state index contributed by atoms with van der Waals surface area (Å²) in [6.45, 7) is 4.47. The van der Waals surface area contributed by atoms with Gasteiger partial charge in [-0.05, 0) is 14.0 Å². The lowest BCUT2D eigenvalue weighted by molar-refractivity contribution is 0.359. The molecule has 0 amide bonds. The first-order valence-corrected chi connectivity index (χ1v) is 5.55. The van der Waals surface area contributed by atoms with Crippen LogP contribution in [0.2, 0.25) is 0 Å². The molecule has 0 radical (unpaired) electrons. The fourth-order valence-corrected chi connectivity index (χ4v) is 1.78. The first kappa shape index (κ1) is 11.4. The Morgan fingerprint density at radius 3 is 2.93 bits per heavy atom. The van der Waals surface area contributed by atoms with Crippen molar-refractivity contribution in [1.29, 1.82) is 0 Å². The quantitative estimate of drug-likeness (QED) is 0.749. The molecule has 0 unspecified atom stereocenters. The second-order valence-corrected chi connectivity index (χ2v) is 4.32. The lowest BCUT2D eigenvalue weighted by atomic mass is 10.4. The minimum Gasteiger partial charge on any atom is -0.327 e. The lowest BCUT2D eigenvalue weighted by Crippen LogP contribution is -2.18. The second-order valence-electron chi connectivity index (χ2n) is 3.26. The predicted octanol–water partition coefficient (Wildman–Crippen LogP) is 1.40.